The lowest BCUT2D eigenvalue weighted by Crippen LogP contribution is -2.65. The van der Waals surface area contributed by atoms with Crippen LogP contribution in [0.1, 0.15) is 130 Å². The molecule has 0 spiro atoms. The number of hydrogen-bond acceptors (Lipinski definition) is 12. The maximum Gasteiger partial charge on any atom is 0.417 e. The monoisotopic (exact) mass is 1380 g/mol. The number of rotatable bonds is 13. The fourth-order valence-electron chi connectivity index (χ4n) is 11.9. The van der Waals surface area contributed by atoms with Gasteiger partial charge in [0, 0.05) is 76.4 Å². The van der Waals surface area contributed by atoms with Gasteiger partial charge >= 0.3 is 6.18 Å². The van der Waals surface area contributed by atoms with Crippen molar-refractivity contribution in [2.45, 2.75) is 194 Å². The van der Waals surface area contributed by atoms with Gasteiger partial charge in [0.15, 0.2) is 0 Å². The predicted octanol–water partition coefficient (Wildman–Crippen LogP) is 4.64. The highest BCUT2D eigenvalue weighted by Gasteiger charge is 2.47. The summed E-state index contributed by atoms with van der Waals surface area (Å²) in [5.74, 6) is -10.7. The minimum atomic E-state index is -4.78. The average Bonchev–Trinajstić information content (AvgIpc) is 0.784. The zero-order chi connectivity index (χ0) is 73.7. The molecule has 12 amide bonds. The Morgan fingerprint density at radius 1 is 0.629 bits per heavy atom. The molecule has 0 unspecified atom stereocenters. The van der Waals surface area contributed by atoms with Crippen molar-refractivity contribution in [3.8, 4) is 0 Å². The van der Waals surface area contributed by atoms with E-state index in [9.17, 15) is 65.9 Å². The topological polar surface area (TPSA) is 270 Å². The lowest BCUT2D eigenvalue weighted by Gasteiger charge is -2.45. The van der Waals surface area contributed by atoms with E-state index in [0.29, 0.717) is 18.4 Å². The molecule has 2 aromatic rings. The first-order valence-corrected chi connectivity index (χ1v) is 33.6. The third kappa shape index (κ3) is 20.4. The van der Waals surface area contributed by atoms with Crippen LogP contribution >= 0.6 is 11.6 Å². The summed E-state index contributed by atoms with van der Waals surface area (Å²) in [6, 6.07) is -2.84. The Bertz CT molecular complexity index is 3190. The van der Waals surface area contributed by atoms with Crippen LogP contribution in [0, 0.1) is 30.6 Å². The number of benzene rings is 2. The zero-order valence-corrected chi connectivity index (χ0v) is 60.9. The van der Waals surface area contributed by atoms with Gasteiger partial charge in [-0.05, 0) is 93.4 Å². The first kappa shape index (κ1) is 81.6. The normalized spacial score (nSPS) is 25.4. The predicted molar refractivity (Wildman–Crippen MR) is 360 cm³/mol. The molecule has 3 N–H and O–H groups in total. The fraction of sp³-hybridized carbons (Fsp3) is 0.652. The van der Waals surface area contributed by atoms with Crippen LogP contribution in [0.25, 0.3) is 0 Å². The Balaban J connectivity index is 1.91. The molecule has 2 fully saturated rings. The van der Waals surface area contributed by atoms with E-state index >= 15 is 4.79 Å². The number of alkyl halides is 3. The maximum absolute atomic E-state index is 15.1. The van der Waals surface area contributed by atoms with Gasteiger partial charge in [-0.15, -0.1) is 0 Å². The molecule has 28 heteroatoms. The number of carbonyl (C=O) groups is 12. The van der Waals surface area contributed by atoms with Crippen molar-refractivity contribution in [2.24, 2.45) is 23.7 Å². The van der Waals surface area contributed by atoms with Gasteiger partial charge < -0.3 is 60.0 Å². The molecule has 2 aromatic carbocycles. The summed E-state index contributed by atoms with van der Waals surface area (Å²) in [7, 11) is 12.4. The Kier molecular flexibility index (Phi) is 29.5. The van der Waals surface area contributed by atoms with E-state index in [-0.39, 0.29) is 50.1 Å². The molecule has 2 aliphatic heterocycles. The highest BCUT2D eigenvalue weighted by atomic mass is 35.5. The van der Waals surface area contributed by atoms with Gasteiger partial charge in [-0.3, -0.25) is 57.5 Å². The summed E-state index contributed by atoms with van der Waals surface area (Å²) in [4.78, 5) is 187. The molecule has 0 saturated carbocycles. The molecule has 97 heavy (non-hydrogen) atoms. The summed E-state index contributed by atoms with van der Waals surface area (Å²) in [6.45, 7) is 18.2. The summed E-state index contributed by atoms with van der Waals surface area (Å²) in [5.41, 5.74) is 0.698. The van der Waals surface area contributed by atoms with E-state index in [1.165, 1.54) is 113 Å². The minimum absolute atomic E-state index is 0.0576. The van der Waals surface area contributed by atoms with Crippen molar-refractivity contribution in [1.29, 1.82) is 0 Å². The zero-order valence-electron chi connectivity index (χ0n) is 60.1. The molecule has 0 radical (unpaired) electrons. The van der Waals surface area contributed by atoms with Gasteiger partial charge in [0.2, 0.25) is 70.9 Å². The third-order valence-electron chi connectivity index (χ3n) is 19.3. The van der Waals surface area contributed by atoms with Crippen LogP contribution in [0.3, 0.4) is 0 Å². The number of amides is 12. The summed E-state index contributed by atoms with van der Waals surface area (Å²) >= 11 is 6.10. The SMILES string of the molecule is CC[C@H](C)[C@@H]1NC(=O)[C@H](CC(C)C)N(C)C(=O)C[C@@H](C(=O)N(C)C)N(C)C(=O)[C@H]([C@@H](C)CC)N(C)C(=O)[C@H](C(C)C)NC(=O)[C@H](C)N(C)C(=O)[C@H](CCc2ccc(C(F)(F)F)c(Cl)c2)NC(=O)CN(C)C(=O)[C@H](Cc2ccc(C)cc2)N(C)C(=O)[C@@H]2CCN2C(=O)[C@H](C)N(C)C1=O. The van der Waals surface area contributed by atoms with Gasteiger partial charge in [-0.1, -0.05) is 116 Å². The van der Waals surface area contributed by atoms with Crippen molar-refractivity contribution in [3.63, 3.8) is 0 Å². The number of halogens is 4. The van der Waals surface area contributed by atoms with Crippen molar-refractivity contribution in [1.82, 2.24) is 60.0 Å². The molecule has 12 atom stereocenters. The van der Waals surface area contributed by atoms with Crippen LogP contribution in [0.15, 0.2) is 42.5 Å². The lowest BCUT2D eigenvalue weighted by atomic mass is 9.93. The summed E-state index contributed by atoms with van der Waals surface area (Å²) in [6.07, 6.45) is -4.88. The van der Waals surface area contributed by atoms with Crippen molar-refractivity contribution >= 4 is 82.5 Å². The molecule has 0 bridgehead atoms. The first-order chi connectivity index (χ1) is 45.0. The van der Waals surface area contributed by atoms with Crippen molar-refractivity contribution in [3.05, 3.63) is 69.7 Å². The second-order valence-electron chi connectivity index (χ2n) is 27.3. The fourth-order valence-corrected chi connectivity index (χ4v) is 12.2. The van der Waals surface area contributed by atoms with E-state index in [2.05, 4.69) is 16.0 Å². The van der Waals surface area contributed by atoms with Crippen LogP contribution in [-0.4, -0.2) is 252 Å². The number of nitrogens with one attached hydrogen (secondary N) is 3. The molecular formula is C69H104ClF3N12O12. The van der Waals surface area contributed by atoms with E-state index in [4.69, 9.17) is 11.6 Å². The Morgan fingerprint density at radius 2 is 1.19 bits per heavy atom. The third-order valence-corrected chi connectivity index (χ3v) is 19.6. The molecule has 540 valence electrons. The number of hydrogen-bond donors (Lipinski definition) is 3. The van der Waals surface area contributed by atoms with E-state index < -0.39 is 179 Å². The van der Waals surface area contributed by atoms with E-state index in [1.807, 2.05) is 39.8 Å². The van der Waals surface area contributed by atoms with Crippen molar-refractivity contribution < 1.29 is 70.7 Å². The smallest absolute Gasteiger partial charge is 0.347 e. The Labute approximate surface area is 575 Å². The molecule has 2 saturated heterocycles. The van der Waals surface area contributed by atoms with Gasteiger partial charge in [-0.2, -0.15) is 13.2 Å². The minimum Gasteiger partial charge on any atom is -0.347 e. The van der Waals surface area contributed by atoms with Crippen LogP contribution in [0.4, 0.5) is 13.2 Å². The molecular weight excluding hydrogens is 1280 g/mol. The lowest BCUT2D eigenvalue weighted by molar-refractivity contribution is -0.160. The van der Waals surface area contributed by atoms with Crippen molar-refractivity contribution in [2.75, 3.05) is 76.5 Å². The Hall–Kier alpha value is -7.84. The van der Waals surface area contributed by atoms with Gasteiger partial charge in [0.1, 0.15) is 60.4 Å². The molecule has 2 aliphatic rings. The highest BCUT2D eigenvalue weighted by Crippen LogP contribution is 2.35. The number of carbonyl (C=O) groups excluding carboxylic acids is 12. The quantitative estimate of drug-likeness (QED) is 0.248. The van der Waals surface area contributed by atoms with E-state index in [1.54, 1.807) is 46.8 Å². The van der Waals surface area contributed by atoms with Crippen LogP contribution in [-0.2, 0) is 76.6 Å². The summed E-state index contributed by atoms with van der Waals surface area (Å²) < 4.78 is 41.4. The first-order valence-electron chi connectivity index (χ1n) is 33.2. The molecule has 0 aromatic heterocycles. The highest BCUT2D eigenvalue weighted by molar-refractivity contribution is 6.31. The number of aryl methyl sites for hydroxylation is 2. The average molecular weight is 1390 g/mol. The number of fused-ring (bicyclic) bond motifs is 1. The number of nitrogens with zero attached hydrogens (tertiary/aromatic N) is 9. The maximum atomic E-state index is 15.1. The van der Waals surface area contributed by atoms with Gasteiger partial charge in [0.25, 0.3) is 0 Å². The molecule has 4 rings (SSSR count). The second kappa shape index (κ2) is 35.1. The van der Waals surface area contributed by atoms with Crippen LogP contribution < -0.4 is 16.0 Å². The molecule has 0 aliphatic carbocycles. The summed E-state index contributed by atoms with van der Waals surface area (Å²) in [5, 5.41) is 7.67. The van der Waals surface area contributed by atoms with Gasteiger partial charge in [0.05, 0.1) is 23.6 Å². The second-order valence-corrected chi connectivity index (χ2v) is 27.7. The van der Waals surface area contributed by atoms with E-state index in [0.717, 1.165) is 32.4 Å². The standard InChI is InChI=1S/C69H104ClF3N12O12/c1-21-41(8)57-67(96)80(16)44(11)61(90)85-32-31-50(85)65(94)82(18)52(35-46-25-23-40(7)24-26-46)64(93)78(14)37-54(86)74-49(30-28-45-27-29-47(48(70)34-45)69(71,72)73)62(91)79(15)43(10)59(88)75-56(39(5)6)66(95)84(20)58(42(9)22-2)68(97)83(19)53(63(92)77(12)13)36-55(87)81(17)51(33-38(3)4)60(89)76-57/h23-27,29,34,38-39,41-44,49-53,56-58H,21-22,28,30-33,35-37H2,1-20H3,(H,74,86)(H,75,88)(H,76,89)/t41-,42-,43-,44-,49-,50-,51-,52-,53-,56-,57-,58-/m0/s1. The number of likely N-dealkylation sites (N-methyl/N-ethyl adjacent to an activating group) is 8. The molecule has 2 heterocycles. The van der Waals surface area contributed by atoms with Crippen LogP contribution in [0.5, 0.6) is 0 Å². The molecule has 24 nitrogen and oxygen atoms in total. The van der Waals surface area contributed by atoms with Gasteiger partial charge in [-0.25, -0.2) is 0 Å². The Morgan fingerprint density at radius 3 is 1.70 bits per heavy atom. The van der Waals surface area contributed by atoms with Crippen LogP contribution in [0.2, 0.25) is 5.02 Å². The largest absolute Gasteiger partial charge is 0.417 e.